The zero-order valence-corrected chi connectivity index (χ0v) is 10.6. The number of aryl methyl sites for hydroxylation is 1. The zero-order chi connectivity index (χ0) is 12.7. The minimum Gasteiger partial charge on any atom is -0.481 e. The normalized spacial score (nSPS) is 10.5. The minimum atomic E-state index is -3.41. The number of hydrogen-bond donors (Lipinski definition) is 0. The van der Waals surface area contributed by atoms with E-state index in [0.717, 1.165) is 17.6 Å². The van der Waals surface area contributed by atoms with Gasteiger partial charge in [-0.2, -0.15) is 8.42 Å². The molecule has 0 aliphatic rings. The topological polar surface area (TPSA) is 52.6 Å². The third-order valence-electron chi connectivity index (χ3n) is 1.80. The number of hydrogen-bond acceptors (Lipinski definition) is 4. The summed E-state index contributed by atoms with van der Waals surface area (Å²) in [7, 11) is -3.41. The summed E-state index contributed by atoms with van der Waals surface area (Å²) in [6, 6.07) is 7.58. The van der Waals surface area contributed by atoms with Crippen LogP contribution in [0.4, 0.5) is 0 Å². The molecule has 1 rings (SSSR count). The van der Waals surface area contributed by atoms with Gasteiger partial charge in [0.2, 0.25) is 0 Å². The second-order valence-corrected chi connectivity index (χ2v) is 5.07. The summed E-state index contributed by atoms with van der Waals surface area (Å²) in [5.41, 5.74) is 1.16. The summed E-state index contributed by atoms with van der Waals surface area (Å²) in [4.78, 5) is 0. The first-order chi connectivity index (χ1) is 7.97. The van der Waals surface area contributed by atoms with E-state index in [4.69, 9.17) is 4.74 Å². The molecule has 0 radical (unpaired) electrons. The van der Waals surface area contributed by atoms with Crippen LogP contribution in [0.1, 0.15) is 5.56 Å². The molecule has 5 heteroatoms. The van der Waals surface area contributed by atoms with Gasteiger partial charge in [-0.25, -0.2) is 0 Å². The van der Waals surface area contributed by atoms with Crippen molar-refractivity contribution in [1.82, 2.24) is 0 Å². The molecule has 1 aromatic carbocycles. The third kappa shape index (κ3) is 6.61. The van der Waals surface area contributed by atoms with E-state index in [9.17, 15) is 8.42 Å². The van der Waals surface area contributed by atoms with Crippen molar-refractivity contribution in [1.29, 1.82) is 0 Å². The monoisotopic (exact) mass is 254 g/mol. The predicted octanol–water partition coefficient (Wildman–Crippen LogP) is 1.35. The lowest BCUT2D eigenvalue weighted by molar-refractivity contribution is 0.361. The van der Waals surface area contributed by atoms with E-state index in [-0.39, 0.29) is 13.2 Å². The molecule has 0 saturated heterocycles. The smallest absolute Gasteiger partial charge is 0.265 e. The molecular formula is C12H14O4S. The van der Waals surface area contributed by atoms with E-state index in [1.807, 2.05) is 31.2 Å². The molecule has 0 fully saturated rings. The highest BCUT2D eigenvalue weighted by Crippen LogP contribution is 2.10. The maximum Gasteiger partial charge on any atom is 0.265 e. The van der Waals surface area contributed by atoms with Crippen LogP contribution in [-0.4, -0.2) is 27.9 Å². The molecule has 0 atom stereocenters. The van der Waals surface area contributed by atoms with E-state index >= 15 is 0 Å². The molecule has 0 aromatic heterocycles. The van der Waals surface area contributed by atoms with Crippen LogP contribution in [0.15, 0.2) is 24.3 Å². The zero-order valence-electron chi connectivity index (χ0n) is 9.76. The largest absolute Gasteiger partial charge is 0.481 e. The van der Waals surface area contributed by atoms with Crippen molar-refractivity contribution in [2.45, 2.75) is 6.92 Å². The average molecular weight is 254 g/mol. The highest BCUT2D eigenvalue weighted by atomic mass is 32.2. The molecular weight excluding hydrogens is 240 g/mol. The van der Waals surface area contributed by atoms with Gasteiger partial charge in [0.1, 0.15) is 19.0 Å². The predicted molar refractivity (Wildman–Crippen MR) is 65.2 cm³/mol. The minimum absolute atomic E-state index is 0.143. The van der Waals surface area contributed by atoms with Crippen LogP contribution in [0.25, 0.3) is 0 Å². The SMILES string of the molecule is Cc1ccc(OCC#CCOS(C)(=O)=O)cc1. The second-order valence-electron chi connectivity index (χ2n) is 3.42. The van der Waals surface area contributed by atoms with Gasteiger partial charge in [-0.15, -0.1) is 0 Å². The Bertz CT molecular complexity index is 506. The van der Waals surface area contributed by atoms with Crippen LogP contribution in [-0.2, 0) is 14.3 Å². The molecule has 0 aliphatic heterocycles. The van der Waals surface area contributed by atoms with E-state index < -0.39 is 10.1 Å². The fourth-order valence-corrected chi connectivity index (χ4v) is 1.27. The van der Waals surface area contributed by atoms with Gasteiger partial charge in [0, 0.05) is 0 Å². The highest BCUT2D eigenvalue weighted by molar-refractivity contribution is 7.85. The van der Waals surface area contributed by atoms with E-state index in [0.29, 0.717) is 0 Å². The third-order valence-corrected chi connectivity index (χ3v) is 2.35. The molecule has 1 aromatic rings. The van der Waals surface area contributed by atoms with Crippen molar-refractivity contribution < 1.29 is 17.3 Å². The van der Waals surface area contributed by atoms with Crippen molar-refractivity contribution in [3.05, 3.63) is 29.8 Å². The lowest BCUT2D eigenvalue weighted by atomic mass is 10.2. The molecule has 0 aliphatic carbocycles. The summed E-state index contributed by atoms with van der Waals surface area (Å²) in [6.07, 6.45) is 0.984. The van der Waals surface area contributed by atoms with Crippen molar-refractivity contribution in [2.75, 3.05) is 19.5 Å². The summed E-state index contributed by atoms with van der Waals surface area (Å²) in [5.74, 6) is 5.94. The van der Waals surface area contributed by atoms with Crippen LogP contribution in [0.3, 0.4) is 0 Å². The van der Waals surface area contributed by atoms with Gasteiger partial charge >= 0.3 is 0 Å². The fraction of sp³-hybridized carbons (Fsp3) is 0.333. The highest BCUT2D eigenvalue weighted by Gasteiger charge is 1.97. The van der Waals surface area contributed by atoms with Gasteiger partial charge in [0.05, 0.1) is 6.26 Å². The van der Waals surface area contributed by atoms with Crippen LogP contribution < -0.4 is 4.74 Å². The van der Waals surface area contributed by atoms with Gasteiger partial charge < -0.3 is 4.74 Å². The maximum absolute atomic E-state index is 10.6. The summed E-state index contributed by atoms with van der Waals surface area (Å²) in [5, 5.41) is 0. The van der Waals surface area contributed by atoms with Crippen LogP contribution >= 0.6 is 0 Å². The average Bonchev–Trinajstić information content (AvgIpc) is 2.24. The molecule has 0 unspecified atom stereocenters. The Balaban J connectivity index is 2.29. The first-order valence-electron chi connectivity index (χ1n) is 4.97. The molecule has 92 valence electrons. The molecule has 4 nitrogen and oxygen atoms in total. The second kappa shape index (κ2) is 6.28. The Hall–Kier alpha value is -1.51. The molecule has 0 bridgehead atoms. The summed E-state index contributed by atoms with van der Waals surface area (Å²) in [6.45, 7) is 2.05. The van der Waals surface area contributed by atoms with Gasteiger partial charge in [-0.3, -0.25) is 4.18 Å². The molecule has 0 spiro atoms. The summed E-state index contributed by atoms with van der Waals surface area (Å²) < 4.78 is 30.9. The molecule has 0 heterocycles. The van der Waals surface area contributed by atoms with E-state index in [2.05, 4.69) is 16.0 Å². The molecule has 17 heavy (non-hydrogen) atoms. The van der Waals surface area contributed by atoms with Crippen molar-refractivity contribution in [3.8, 4) is 17.6 Å². The van der Waals surface area contributed by atoms with Crippen LogP contribution in [0.2, 0.25) is 0 Å². The summed E-state index contributed by atoms with van der Waals surface area (Å²) >= 11 is 0. The number of benzene rings is 1. The van der Waals surface area contributed by atoms with E-state index in [1.165, 1.54) is 0 Å². The van der Waals surface area contributed by atoms with Crippen molar-refractivity contribution in [2.24, 2.45) is 0 Å². The van der Waals surface area contributed by atoms with Gasteiger partial charge in [0.25, 0.3) is 10.1 Å². The lowest BCUT2D eigenvalue weighted by Gasteiger charge is -2.01. The quantitative estimate of drug-likeness (QED) is 0.601. The lowest BCUT2D eigenvalue weighted by Crippen LogP contribution is -2.02. The molecule has 0 saturated carbocycles. The van der Waals surface area contributed by atoms with Crippen LogP contribution in [0, 0.1) is 18.8 Å². The standard InChI is InChI=1S/C12H14O4S/c1-11-5-7-12(8-6-11)15-9-3-4-10-16-17(2,13)14/h5-8H,9-10H2,1-2H3. The van der Waals surface area contributed by atoms with Crippen molar-refractivity contribution >= 4 is 10.1 Å². The van der Waals surface area contributed by atoms with Crippen molar-refractivity contribution in [3.63, 3.8) is 0 Å². The number of rotatable bonds is 4. The first-order valence-corrected chi connectivity index (χ1v) is 6.78. The van der Waals surface area contributed by atoms with Gasteiger partial charge in [0.15, 0.2) is 0 Å². The van der Waals surface area contributed by atoms with Gasteiger partial charge in [-0.05, 0) is 19.1 Å². The Morgan fingerprint density at radius 2 is 1.71 bits per heavy atom. The Kier molecular flexibility index (Phi) is 5.01. The fourth-order valence-electron chi connectivity index (χ4n) is 0.992. The Labute approximate surface area is 102 Å². The Morgan fingerprint density at radius 3 is 2.29 bits per heavy atom. The maximum atomic E-state index is 10.6. The number of ether oxygens (including phenoxy) is 1. The van der Waals surface area contributed by atoms with Crippen LogP contribution in [0.5, 0.6) is 5.75 Å². The van der Waals surface area contributed by atoms with Gasteiger partial charge in [-0.1, -0.05) is 29.5 Å². The van der Waals surface area contributed by atoms with E-state index in [1.54, 1.807) is 0 Å². The Morgan fingerprint density at radius 1 is 1.12 bits per heavy atom. The molecule has 0 N–H and O–H groups in total. The first kappa shape index (κ1) is 13.6. The molecule has 0 amide bonds.